The van der Waals surface area contributed by atoms with Gasteiger partial charge >= 0.3 is 5.97 Å². The van der Waals surface area contributed by atoms with Gasteiger partial charge in [0.05, 0.1) is 11.7 Å². The average molecular weight is 295 g/mol. The van der Waals surface area contributed by atoms with Crippen molar-refractivity contribution in [3.8, 4) is 0 Å². The molecular weight excluding hydrogens is 277 g/mol. The zero-order valence-corrected chi connectivity index (χ0v) is 11.9. The highest BCUT2D eigenvalue weighted by molar-refractivity contribution is 5.95. The second kappa shape index (κ2) is 7.54. The zero-order chi connectivity index (χ0) is 16.0. The number of aliphatic carboxylic acids is 1. The number of benzene rings is 1. The number of aliphatic hydroxyl groups excluding tert-OH is 1. The molecule has 5 nitrogen and oxygen atoms in total. The molecule has 0 aliphatic rings. The van der Waals surface area contributed by atoms with Gasteiger partial charge in [-0.25, -0.2) is 9.18 Å². The molecule has 0 aromatic heterocycles. The molecule has 1 rings (SSSR count). The second-order valence-electron chi connectivity index (χ2n) is 4.78. The molecular formula is C15H18FNO4. The first kappa shape index (κ1) is 16.8. The molecule has 0 saturated carbocycles. The summed E-state index contributed by atoms with van der Waals surface area (Å²) < 4.78 is 13.7. The van der Waals surface area contributed by atoms with Gasteiger partial charge in [0, 0.05) is 19.7 Å². The standard InChI is InChI=1S/C15H18FNO4/c1-10(18)7-8-17(2)15(21)12-9-11(3-5-13(12)16)4-6-14(19)20/h3-6,9-10,18H,7-8H2,1-2H3,(H,19,20)/b6-4+. The molecule has 1 amide bonds. The van der Waals surface area contributed by atoms with E-state index in [0.29, 0.717) is 18.5 Å². The highest BCUT2D eigenvalue weighted by atomic mass is 19.1. The molecule has 0 aliphatic heterocycles. The summed E-state index contributed by atoms with van der Waals surface area (Å²) in [6, 6.07) is 3.81. The monoisotopic (exact) mass is 295 g/mol. The first-order valence-corrected chi connectivity index (χ1v) is 6.45. The lowest BCUT2D eigenvalue weighted by Crippen LogP contribution is -2.30. The number of hydrogen-bond acceptors (Lipinski definition) is 3. The van der Waals surface area contributed by atoms with Crippen LogP contribution in [0.25, 0.3) is 6.08 Å². The molecule has 0 heterocycles. The van der Waals surface area contributed by atoms with Crippen LogP contribution in [-0.4, -0.2) is 46.7 Å². The zero-order valence-electron chi connectivity index (χ0n) is 11.9. The lowest BCUT2D eigenvalue weighted by Gasteiger charge is -2.18. The molecule has 114 valence electrons. The highest BCUT2D eigenvalue weighted by Crippen LogP contribution is 2.14. The molecule has 1 unspecified atom stereocenters. The maximum Gasteiger partial charge on any atom is 0.328 e. The summed E-state index contributed by atoms with van der Waals surface area (Å²) >= 11 is 0. The maximum absolute atomic E-state index is 13.7. The normalized spacial score (nSPS) is 12.4. The summed E-state index contributed by atoms with van der Waals surface area (Å²) in [5, 5.41) is 17.8. The Balaban J connectivity index is 2.92. The molecule has 2 N–H and O–H groups in total. The molecule has 21 heavy (non-hydrogen) atoms. The smallest absolute Gasteiger partial charge is 0.328 e. The first-order chi connectivity index (χ1) is 9.81. The molecule has 1 aromatic rings. The van der Waals surface area contributed by atoms with Gasteiger partial charge in [-0.3, -0.25) is 4.79 Å². The Bertz CT molecular complexity index is 555. The number of nitrogens with zero attached hydrogens (tertiary/aromatic N) is 1. The van der Waals surface area contributed by atoms with Gasteiger partial charge in [-0.2, -0.15) is 0 Å². The van der Waals surface area contributed by atoms with Gasteiger partial charge in [0.2, 0.25) is 0 Å². The minimum absolute atomic E-state index is 0.129. The Morgan fingerprint density at radius 2 is 2.10 bits per heavy atom. The van der Waals surface area contributed by atoms with Crippen molar-refractivity contribution in [1.29, 1.82) is 0 Å². The third kappa shape index (κ3) is 5.35. The largest absolute Gasteiger partial charge is 0.478 e. The molecule has 0 bridgehead atoms. The van der Waals surface area contributed by atoms with Crippen LogP contribution in [-0.2, 0) is 4.79 Å². The van der Waals surface area contributed by atoms with E-state index in [4.69, 9.17) is 5.11 Å². The van der Waals surface area contributed by atoms with Crippen molar-refractivity contribution >= 4 is 18.0 Å². The molecule has 0 aliphatic carbocycles. The molecule has 0 fully saturated rings. The topological polar surface area (TPSA) is 77.8 Å². The van der Waals surface area contributed by atoms with E-state index in [2.05, 4.69) is 0 Å². The van der Waals surface area contributed by atoms with Gasteiger partial charge in [0.15, 0.2) is 0 Å². The summed E-state index contributed by atoms with van der Waals surface area (Å²) in [4.78, 5) is 23.9. The van der Waals surface area contributed by atoms with Crippen molar-refractivity contribution in [2.75, 3.05) is 13.6 Å². The van der Waals surface area contributed by atoms with Crippen LogP contribution in [0.3, 0.4) is 0 Å². The van der Waals surface area contributed by atoms with Crippen molar-refractivity contribution in [3.63, 3.8) is 0 Å². The number of carboxylic acids is 1. The summed E-state index contributed by atoms with van der Waals surface area (Å²) in [7, 11) is 1.52. The molecule has 0 saturated heterocycles. The van der Waals surface area contributed by atoms with Crippen LogP contribution in [0.2, 0.25) is 0 Å². The number of hydrogen-bond donors (Lipinski definition) is 2. The minimum Gasteiger partial charge on any atom is -0.478 e. The first-order valence-electron chi connectivity index (χ1n) is 6.45. The lowest BCUT2D eigenvalue weighted by molar-refractivity contribution is -0.131. The fourth-order valence-electron chi connectivity index (χ4n) is 1.67. The number of carbonyl (C=O) groups is 2. The van der Waals surface area contributed by atoms with Crippen LogP contribution in [0.1, 0.15) is 29.3 Å². The predicted octanol–water partition coefficient (Wildman–Crippen LogP) is 1.77. The third-order valence-electron chi connectivity index (χ3n) is 2.87. The van der Waals surface area contributed by atoms with Crippen molar-refractivity contribution in [2.24, 2.45) is 0 Å². The van der Waals surface area contributed by atoms with E-state index in [1.807, 2.05) is 0 Å². The van der Waals surface area contributed by atoms with Gasteiger partial charge in [0.1, 0.15) is 5.82 Å². The Labute approximate surface area is 122 Å². The number of carbonyl (C=O) groups excluding carboxylic acids is 1. The fourth-order valence-corrected chi connectivity index (χ4v) is 1.67. The van der Waals surface area contributed by atoms with E-state index < -0.39 is 23.8 Å². The summed E-state index contributed by atoms with van der Waals surface area (Å²) in [5.41, 5.74) is 0.293. The van der Waals surface area contributed by atoms with Crippen molar-refractivity contribution in [3.05, 3.63) is 41.2 Å². The van der Waals surface area contributed by atoms with Crippen LogP contribution in [0.4, 0.5) is 4.39 Å². The van der Waals surface area contributed by atoms with Crippen LogP contribution in [0.15, 0.2) is 24.3 Å². The van der Waals surface area contributed by atoms with Gasteiger partial charge in [-0.05, 0) is 37.1 Å². The second-order valence-corrected chi connectivity index (χ2v) is 4.78. The van der Waals surface area contributed by atoms with E-state index in [1.165, 1.54) is 30.2 Å². The summed E-state index contributed by atoms with van der Waals surface area (Å²) in [6.45, 7) is 1.90. The third-order valence-corrected chi connectivity index (χ3v) is 2.87. The number of carboxylic acid groups (broad SMARTS) is 1. The summed E-state index contributed by atoms with van der Waals surface area (Å²) in [6.07, 6.45) is 2.05. The summed E-state index contributed by atoms with van der Waals surface area (Å²) in [5.74, 6) is -2.31. The van der Waals surface area contributed by atoms with Crippen LogP contribution >= 0.6 is 0 Å². The molecule has 1 atom stereocenters. The van der Waals surface area contributed by atoms with Crippen molar-refractivity contribution in [2.45, 2.75) is 19.4 Å². The van der Waals surface area contributed by atoms with Crippen molar-refractivity contribution < 1.29 is 24.2 Å². The predicted molar refractivity (Wildman–Crippen MR) is 76.3 cm³/mol. The highest BCUT2D eigenvalue weighted by Gasteiger charge is 2.16. The van der Waals surface area contributed by atoms with Crippen LogP contribution < -0.4 is 0 Å². The van der Waals surface area contributed by atoms with E-state index >= 15 is 0 Å². The Morgan fingerprint density at radius 1 is 1.43 bits per heavy atom. The maximum atomic E-state index is 13.7. The van der Waals surface area contributed by atoms with Gasteiger partial charge in [-0.1, -0.05) is 6.07 Å². The Morgan fingerprint density at radius 3 is 2.67 bits per heavy atom. The quantitative estimate of drug-likeness (QED) is 0.784. The average Bonchev–Trinajstić information content (AvgIpc) is 2.42. The van der Waals surface area contributed by atoms with Crippen LogP contribution in [0, 0.1) is 5.82 Å². The number of aliphatic hydroxyl groups is 1. The fraction of sp³-hybridized carbons (Fsp3) is 0.333. The van der Waals surface area contributed by atoms with Gasteiger partial charge in [-0.15, -0.1) is 0 Å². The number of amides is 1. The molecule has 6 heteroatoms. The SMILES string of the molecule is CC(O)CCN(C)C(=O)c1cc(/C=C/C(=O)O)ccc1F. The molecule has 1 aromatic carbocycles. The van der Waals surface area contributed by atoms with E-state index in [9.17, 15) is 19.1 Å². The number of halogens is 1. The molecule has 0 radical (unpaired) electrons. The van der Waals surface area contributed by atoms with Crippen molar-refractivity contribution in [1.82, 2.24) is 4.90 Å². The minimum atomic E-state index is -1.12. The lowest BCUT2D eigenvalue weighted by atomic mass is 10.1. The van der Waals surface area contributed by atoms with E-state index in [1.54, 1.807) is 6.92 Å². The van der Waals surface area contributed by atoms with Crippen LogP contribution in [0.5, 0.6) is 0 Å². The van der Waals surface area contributed by atoms with E-state index in [-0.39, 0.29) is 5.56 Å². The van der Waals surface area contributed by atoms with Gasteiger partial charge < -0.3 is 15.1 Å². The van der Waals surface area contributed by atoms with E-state index in [0.717, 1.165) is 12.1 Å². The Hall–Kier alpha value is -2.21. The number of rotatable bonds is 6. The Kier molecular flexibility index (Phi) is 6.05. The molecule has 0 spiro atoms. The van der Waals surface area contributed by atoms with Gasteiger partial charge in [0.25, 0.3) is 5.91 Å².